The average molecular weight is 576 g/mol. The number of nitrogens with zero attached hydrogens (tertiary/aromatic N) is 5. The fourth-order valence-corrected chi connectivity index (χ4v) is 6.49. The van der Waals surface area contributed by atoms with E-state index in [1.54, 1.807) is 17.4 Å². The van der Waals surface area contributed by atoms with Crippen LogP contribution in [0, 0.1) is 6.92 Å². The number of para-hydroxylation sites is 2. The second kappa shape index (κ2) is 9.28. The van der Waals surface area contributed by atoms with E-state index in [-0.39, 0.29) is 11.4 Å². The van der Waals surface area contributed by atoms with E-state index in [1.807, 2.05) is 70.6 Å². The quantitative estimate of drug-likeness (QED) is 0.259. The minimum absolute atomic E-state index is 0.0997. The summed E-state index contributed by atoms with van der Waals surface area (Å²) >= 11 is 4.78. The summed E-state index contributed by atoms with van der Waals surface area (Å²) in [5, 5.41) is 11.1. The van der Waals surface area contributed by atoms with E-state index in [2.05, 4.69) is 25.9 Å². The van der Waals surface area contributed by atoms with Crippen molar-refractivity contribution in [1.82, 2.24) is 23.8 Å². The van der Waals surface area contributed by atoms with Crippen LogP contribution in [0.25, 0.3) is 16.0 Å². The highest BCUT2D eigenvalue weighted by Crippen LogP contribution is 2.41. The zero-order chi connectivity index (χ0) is 25.7. The summed E-state index contributed by atoms with van der Waals surface area (Å²) < 4.78 is 4.72. The summed E-state index contributed by atoms with van der Waals surface area (Å²) in [6.45, 7) is 2.90. The number of aliphatic hydroxyl groups excluding tert-OH is 1. The maximum Gasteiger partial charge on any atom is 0.290 e. The van der Waals surface area contributed by atoms with Gasteiger partial charge in [0.1, 0.15) is 0 Å². The second-order valence-electron chi connectivity index (χ2n) is 8.94. The molecule has 0 saturated heterocycles. The lowest BCUT2D eigenvalue weighted by Crippen LogP contribution is -2.32. The number of hydrogen-bond donors (Lipinski definition) is 1. The number of imidazole rings is 2. The van der Waals surface area contributed by atoms with Crippen molar-refractivity contribution in [1.29, 1.82) is 0 Å². The van der Waals surface area contributed by atoms with Gasteiger partial charge in [0.2, 0.25) is 5.78 Å². The minimum Gasteiger partial charge on any atom is -0.503 e. The Morgan fingerprint density at radius 2 is 2.00 bits per heavy atom. The molecule has 1 atom stereocenters. The molecule has 1 unspecified atom stereocenters. The maximum absolute atomic E-state index is 14.1. The van der Waals surface area contributed by atoms with Gasteiger partial charge in [0.05, 0.1) is 33.9 Å². The number of carbonyl (C=O) groups excluding carboxylic acids is 2. The van der Waals surface area contributed by atoms with Gasteiger partial charge in [0.25, 0.3) is 5.91 Å². The molecular weight excluding hydrogens is 554 g/mol. The fourth-order valence-electron chi connectivity index (χ4n) is 4.98. The SMILES string of the molecule is Cc1c(C(=O)C2=C(O)C(=O)N(CCCn3ccnc3)C2c2cccc(Br)c2)sc2nc3ccccc3n12. The summed E-state index contributed by atoms with van der Waals surface area (Å²) in [7, 11) is 0. The molecule has 8 nitrogen and oxygen atoms in total. The van der Waals surface area contributed by atoms with Gasteiger partial charge in [-0.15, -0.1) is 0 Å². The number of ketones is 1. The first-order valence-corrected chi connectivity index (χ1v) is 13.4. The highest BCUT2D eigenvalue weighted by atomic mass is 79.9. The van der Waals surface area contributed by atoms with Gasteiger partial charge in [-0.1, -0.05) is 51.5 Å². The van der Waals surface area contributed by atoms with Crippen LogP contribution in [0.1, 0.15) is 33.4 Å². The zero-order valence-electron chi connectivity index (χ0n) is 19.8. The van der Waals surface area contributed by atoms with Crippen LogP contribution >= 0.6 is 27.3 Å². The predicted molar refractivity (Wildman–Crippen MR) is 145 cm³/mol. The standard InChI is InChI=1S/C27H22BrN5O3S/c1-16-25(37-27-30-19-8-2-3-9-20(19)33(16)27)23(34)21-22(17-6-4-7-18(28)14-17)32(26(36)24(21)35)12-5-11-31-13-10-29-15-31/h2-4,6-10,13-15,22,35H,5,11-12H2,1H3. The fraction of sp³-hybridized carbons (Fsp3) is 0.185. The van der Waals surface area contributed by atoms with Gasteiger partial charge >= 0.3 is 0 Å². The first kappa shape index (κ1) is 23.6. The summed E-state index contributed by atoms with van der Waals surface area (Å²) in [6.07, 6.45) is 5.93. The van der Waals surface area contributed by atoms with Crippen molar-refractivity contribution in [3.63, 3.8) is 0 Å². The van der Waals surface area contributed by atoms with Crippen LogP contribution in [0.15, 0.2) is 83.1 Å². The maximum atomic E-state index is 14.1. The Labute approximate surface area is 224 Å². The second-order valence-corrected chi connectivity index (χ2v) is 10.8. The average Bonchev–Trinajstić information content (AvgIpc) is 3.65. The molecule has 37 heavy (non-hydrogen) atoms. The van der Waals surface area contributed by atoms with Crippen molar-refractivity contribution in [2.75, 3.05) is 6.54 Å². The number of rotatable bonds is 7. The van der Waals surface area contributed by atoms with Crippen LogP contribution in [0.3, 0.4) is 0 Å². The Morgan fingerprint density at radius 3 is 2.78 bits per heavy atom. The molecular formula is C27H22BrN5O3S. The number of aliphatic hydroxyl groups is 1. The summed E-state index contributed by atoms with van der Waals surface area (Å²) in [5.74, 6) is -1.39. The number of hydrogen-bond acceptors (Lipinski definition) is 6. The number of benzene rings is 2. The summed E-state index contributed by atoms with van der Waals surface area (Å²) in [6, 6.07) is 14.6. The van der Waals surface area contributed by atoms with Crippen molar-refractivity contribution < 1.29 is 14.7 Å². The predicted octanol–water partition coefficient (Wildman–Crippen LogP) is 5.49. The third-order valence-corrected chi connectivity index (χ3v) is 8.32. The van der Waals surface area contributed by atoms with E-state index in [0.29, 0.717) is 29.3 Å². The minimum atomic E-state index is -0.703. The third-order valence-electron chi connectivity index (χ3n) is 6.68. The lowest BCUT2D eigenvalue weighted by atomic mass is 9.95. The van der Waals surface area contributed by atoms with E-state index < -0.39 is 17.7 Å². The largest absolute Gasteiger partial charge is 0.503 e. The molecule has 3 aromatic heterocycles. The van der Waals surface area contributed by atoms with Crippen molar-refractivity contribution in [2.24, 2.45) is 0 Å². The molecule has 0 radical (unpaired) electrons. The number of thiazole rings is 1. The highest BCUT2D eigenvalue weighted by molar-refractivity contribution is 9.10. The number of carbonyl (C=O) groups is 2. The van der Waals surface area contributed by atoms with Gasteiger partial charge < -0.3 is 14.6 Å². The van der Waals surface area contributed by atoms with E-state index in [0.717, 1.165) is 26.8 Å². The molecule has 0 bridgehead atoms. The van der Waals surface area contributed by atoms with Crippen LogP contribution in [0.2, 0.25) is 0 Å². The number of halogens is 1. The first-order valence-electron chi connectivity index (χ1n) is 11.8. The molecule has 0 fully saturated rings. The first-order chi connectivity index (χ1) is 17.9. The van der Waals surface area contributed by atoms with Crippen molar-refractivity contribution in [2.45, 2.75) is 25.9 Å². The molecule has 2 aromatic carbocycles. The topological polar surface area (TPSA) is 92.7 Å². The lowest BCUT2D eigenvalue weighted by molar-refractivity contribution is -0.129. The van der Waals surface area contributed by atoms with E-state index in [9.17, 15) is 14.7 Å². The van der Waals surface area contributed by atoms with Gasteiger partial charge in [-0.05, 0) is 43.2 Å². The molecule has 1 N–H and O–H groups in total. The Hall–Kier alpha value is -3.76. The van der Waals surface area contributed by atoms with Crippen molar-refractivity contribution >= 4 is 55.0 Å². The molecule has 186 valence electrons. The zero-order valence-corrected chi connectivity index (χ0v) is 22.2. The van der Waals surface area contributed by atoms with Gasteiger partial charge in [-0.25, -0.2) is 9.97 Å². The molecule has 1 aliphatic heterocycles. The monoisotopic (exact) mass is 575 g/mol. The van der Waals surface area contributed by atoms with E-state index >= 15 is 0 Å². The van der Waals surface area contributed by atoms with Crippen LogP contribution in [0.5, 0.6) is 0 Å². The van der Waals surface area contributed by atoms with E-state index in [1.165, 1.54) is 11.3 Å². The Kier molecular flexibility index (Phi) is 5.92. The van der Waals surface area contributed by atoms with Crippen LogP contribution in [0.4, 0.5) is 0 Å². The van der Waals surface area contributed by atoms with Crippen LogP contribution in [-0.4, -0.2) is 47.2 Å². The number of aromatic nitrogens is 4. The van der Waals surface area contributed by atoms with Crippen molar-refractivity contribution in [3.05, 3.63) is 99.2 Å². The van der Waals surface area contributed by atoms with Crippen molar-refractivity contribution in [3.8, 4) is 0 Å². The van der Waals surface area contributed by atoms with Crippen LogP contribution < -0.4 is 0 Å². The number of amides is 1. The Balaban J connectivity index is 1.40. The normalized spacial score (nSPS) is 16.0. The van der Waals surface area contributed by atoms with E-state index in [4.69, 9.17) is 0 Å². The molecule has 0 spiro atoms. The molecule has 1 aliphatic rings. The molecule has 10 heteroatoms. The molecule has 4 heterocycles. The highest BCUT2D eigenvalue weighted by Gasteiger charge is 2.44. The number of aryl methyl sites for hydroxylation is 2. The Morgan fingerprint density at radius 1 is 1.16 bits per heavy atom. The lowest BCUT2D eigenvalue weighted by Gasteiger charge is -2.27. The summed E-state index contributed by atoms with van der Waals surface area (Å²) in [5.41, 5.74) is 3.35. The molecule has 0 saturated carbocycles. The third kappa shape index (κ3) is 3.96. The van der Waals surface area contributed by atoms with Gasteiger partial charge in [-0.2, -0.15) is 0 Å². The smallest absolute Gasteiger partial charge is 0.290 e. The van der Waals surface area contributed by atoms with Gasteiger partial charge in [0, 0.05) is 35.6 Å². The molecule has 1 amide bonds. The van der Waals surface area contributed by atoms with Crippen LogP contribution in [-0.2, 0) is 11.3 Å². The molecule has 0 aliphatic carbocycles. The van der Waals surface area contributed by atoms with Gasteiger partial charge in [-0.3, -0.25) is 14.0 Å². The van der Waals surface area contributed by atoms with Gasteiger partial charge in [0.15, 0.2) is 10.7 Å². The Bertz CT molecular complexity index is 1700. The molecule has 6 rings (SSSR count). The molecule has 5 aromatic rings. The summed E-state index contributed by atoms with van der Waals surface area (Å²) in [4.78, 5) is 38.8. The number of Topliss-reactive ketones (excluding diaryl/α,β-unsaturated/α-hetero) is 1. The number of fused-ring (bicyclic) bond motifs is 3.